The molecule has 2 aromatic carbocycles. The summed E-state index contributed by atoms with van der Waals surface area (Å²) in [5, 5.41) is 15.1. The highest BCUT2D eigenvalue weighted by molar-refractivity contribution is 6.76. The fraction of sp³-hybridized carbons (Fsp3) is 0.375. The topological polar surface area (TPSA) is 91.2 Å². The highest BCUT2D eigenvalue weighted by Gasteiger charge is 2.46. The number of benzene rings is 2. The molecule has 0 saturated heterocycles. The Morgan fingerprint density at radius 2 is 1.77 bits per heavy atom. The van der Waals surface area contributed by atoms with Gasteiger partial charge in [-0.25, -0.2) is 0 Å². The Balaban J connectivity index is 1.79. The Bertz CT molecular complexity index is 1020. The van der Waals surface area contributed by atoms with Crippen LogP contribution in [0.4, 0.5) is 0 Å². The van der Waals surface area contributed by atoms with E-state index in [1.54, 1.807) is 13.2 Å². The minimum atomic E-state index is -1.66. The number of carbonyl (C=O) groups is 2. The van der Waals surface area contributed by atoms with Gasteiger partial charge in [0, 0.05) is 13.6 Å². The predicted octanol–water partition coefficient (Wildman–Crippen LogP) is 3.97. The van der Waals surface area contributed by atoms with Gasteiger partial charge in [0.2, 0.25) is 5.91 Å². The molecule has 7 heteroatoms. The lowest BCUT2D eigenvalue weighted by molar-refractivity contribution is -0.123. The number of methoxy groups -OCH3 is 1. The standard InChI is InChI=1S/C24H29N3O3Si/c1-30-20-10-6-8-18(14-20)17-7-5-9-19(13-17)22(28)26-21(15-31(2,3)4)23(29)27-24(16-25)11-12-24/h5-10,13-14,21H,11-12,15H2,1-4H3,(H,26,28)(H,27,29)/t21-/m0/s1. The molecule has 0 bridgehead atoms. The number of carbonyl (C=O) groups excluding carboxylic acids is 2. The maximum absolute atomic E-state index is 13.0. The molecule has 1 atom stereocenters. The van der Waals surface area contributed by atoms with E-state index < -0.39 is 19.7 Å². The van der Waals surface area contributed by atoms with Crippen molar-refractivity contribution in [2.45, 2.75) is 50.1 Å². The van der Waals surface area contributed by atoms with Crippen molar-refractivity contribution in [3.05, 3.63) is 54.1 Å². The van der Waals surface area contributed by atoms with Gasteiger partial charge in [-0.15, -0.1) is 0 Å². The zero-order valence-corrected chi connectivity index (χ0v) is 19.5. The summed E-state index contributed by atoms with van der Waals surface area (Å²) in [6, 6.07) is 17.1. The number of ether oxygens (including phenoxy) is 1. The van der Waals surface area contributed by atoms with E-state index in [9.17, 15) is 14.9 Å². The second kappa shape index (κ2) is 8.94. The van der Waals surface area contributed by atoms with Crippen molar-refractivity contribution in [1.82, 2.24) is 10.6 Å². The van der Waals surface area contributed by atoms with Crippen LogP contribution in [0.5, 0.6) is 5.75 Å². The Labute approximate surface area is 184 Å². The van der Waals surface area contributed by atoms with Crippen LogP contribution >= 0.6 is 0 Å². The van der Waals surface area contributed by atoms with Crippen molar-refractivity contribution in [2.75, 3.05) is 7.11 Å². The van der Waals surface area contributed by atoms with Gasteiger partial charge in [0.25, 0.3) is 5.91 Å². The molecular weight excluding hydrogens is 406 g/mol. The Morgan fingerprint density at radius 1 is 1.13 bits per heavy atom. The predicted molar refractivity (Wildman–Crippen MR) is 124 cm³/mol. The quantitative estimate of drug-likeness (QED) is 0.614. The van der Waals surface area contributed by atoms with Crippen LogP contribution in [0.2, 0.25) is 25.7 Å². The number of hydrogen-bond donors (Lipinski definition) is 2. The van der Waals surface area contributed by atoms with Gasteiger partial charge in [-0.05, 0) is 54.3 Å². The maximum Gasteiger partial charge on any atom is 0.251 e. The summed E-state index contributed by atoms with van der Waals surface area (Å²) in [7, 11) is -0.0466. The Kier molecular flexibility index (Phi) is 6.51. The van der Waals surface area contributed by atoms with Crippen molar-refractivity contribution in [3.63, 3.8) is 0 Å². The number of rotatable bonds is 8. The van der Waals surface area contributed by atoms with Gasteiger partial charge in [0.15, 0.2) is 0 Å². The molecule has 1 aliphatic rings. The van der Waals surface area contributed by atoms with Crippen LogP contribution in [0.25, 0.3) is 11.1 Å². The largest absolute Gasteiger partial charge is 0.497 e. The fourth-order valence-corrected chi connectivity index (χ4v) is 4.93. The summed E-state index contributed by atoms with van der Waals surface area (Å²) in [5.74, 6) is 0.162. The minimum Gasteiger partial charge on any atom is -0.497 e. The molecule has 3 rings (SSSR count). The molecular formula is C24H29N3O3Si. The number of nitrogens with zero attached hydrogens (tertiary/aromatic N) is 1. The monoisotopic (exact) mass is 435 g/mol. The van der Waals surface area contributed by atoms with Gasteiger partial charge in [-0.2, -0.15) is 5.26 Å². The molecule has 2 aromatic rings. The zero-order valence-electron chi connectivity index (χ0n) is 18.5. The van der Waals surface area contributed by atoms with E-state index in [0.717, 1.165) is 16.9 Å². The van der Waals surface area contributed by atoms with E-state index in [4.69, 9.17) is 4.74 Å². The molecule has 0 spiro atoms. The lowest BCUT2D eigenvalue weighted by atomic mass is 10.0. The summed E-state index contributed by atoms with van der Waals surface area (Å²) < 4.78 is 5.29. The second-order valence-electron chi connectivity index (χ2n) is 9.29. The fourth-order valence-electron chi connectivity index (χ4n) is 3.42. The van der Waals surface area contributed by atoms with E-state index in [1.165, 1.54) is 0 Å². The van der Waals surface area contributed by atoms with E-state index in [1.807, 2.05) is 42.5 Å². The summed E-state index contributed by atoms with van der Waals surface area (Å²) in [4.78, 5) is 25.9. The summed E-state index contributed by atoms with van der Waals surface area (Å²) in [6.07, 6.45) is 1.32. The van der Waals surface area contributed by atoms with E-state index in [0.29, 0.717) is 24.4 Å². The first-order valence-electron chi connectivity index (χ1n) is 10.4. The molecule has 1 aliphatic carbocycles. The third-order valence-electron chi connectivity index (χ3n) is 5.29. The van der Waals surface area contributed by atoms with Crippen LogP contribution in [0, 0.1) is 11.3 Å². The molecule has 2 N–H and O–H groups in total. The molecule has 0 aliphatic heterocycles. The zero-order chi connectivity index (χ0) is 22.6. The van der Waals surface area contributed by atoms with Crippen LogP contribution in [0.15, 0.2) is 48.5 Å². The van der Waals surface area contributed by atoms with Gasteiger partial charge in [0.05, 0.1) is 13.2 Å². The molecule has 0 aromatic heterocycles. The highest BCUT2D eigenvalue weighted by Crippen LogP contribution is 2.34. The Hall–Kier alpha value is -3.11. The number of hydrogen-bond acceptors (Lipinski definition) is 4. The third kappa shape index (κ3) is 5.95. The molecule has 0 unspecified atom stereocenters. The average Bonchev–Trinajstić information content (AvgIpc) is 3.52. The first-order valence-corrected chi connectivity index (χ1v) is 14.1. The van der Waals surface area contributed by atoms with Crippen LogP contribution in [-0.4, -0.2) is 38.6 Å². The summed E-state index contributed by atoms with van der Waals surface area (Å²) in [5.41, 5.74) is 1.55. The van der Waals surface area contributed by atoms with Crippen molar-refractivity contribution in [2.24, 2.45) is 0 Å². The third-order valence-corrected chi connectivity index (χ3v) is 6.93. The van der Waals surface area contributed by atoms with E-state index in [2.05, 4.69) is 36.3 Å². The molecule has 1 fully saturated rings. The van der Waals surface area contributed by atoms with Gasteiger partial charge in [-0.1, -0.05) is 43.9 Å². The van der Waals surface area contributed by atoms with Gasteiger partial charge in [0.1, 0.15) is 17.3 Å². The van der Waals surface area contributed by atoms with E-state index in [-0.39, 0.29) is 11.8 Å². The van der Waals surface area contributed by atoms with Crippen molar-refractivity contribution in [1.29, 1.82) is 5.26 Å². The van der Waals surface area contributed by atoms with Crippen LogP contribution in [-0.2, 0) is 4.79 Å². The van der Waals surface area contributed by atoms with Crippen molar-refractivity contribution < 1.29 is 14.3 Å². The number of nitriles is 1. The molecule has 1 saturated carbocycles. The van der Waals surface area contributed by atoms with Gasteiger partial charge in [-0.3, -0.25) is 9.59 Å². The highest BCUT2D eigenvalue weighted by atomic mass is 28.3. The Morgan fingerprint density at radius 3 is 2.35 bits per heavy atom. The van der Waals surface area contributed by atoms with E-state index >= 15 is 0 Å². The first kappa shape index (κ1) is 22.6. The smallest absolute Gasteiger partial charge is 0.251 e. The summed E-state index contributed by atoms with van der Waals surface area (Å²) in [6.45, 7) is 6.46. The minimum absolute atomic E-state index is 0.279. The van der Waals surface area contributed by atoms with Crippen molar-refractivity contribution in [3.8, 4) is 22.9 Å². The van der Waals surface area contributed by atoms with Gasteiger partial charge >= 0.3 is 0 Å². The molecule has 6 nitrogen and oxygen atoms in total. The molecule has 162 valence electrons. The lowest BCUT2D eigenvalue weighted by Gasteiger charge is -2.26. The summed E-state index contributed by atoms with van der Waals surface area (Å²) >= 11 is 0. The number of amides is 2. The van der Waals surface area contributed by atoms with Crippen LogP contribution < -0.4 is 15.4 Å². The molecule has 31 heavy (non-hydrogen) atoms. The van der Waals surface area contributed by atoms with Crippen molar-refractivity contribution >= 4 is 19.9 Å². The lowest BCUT2D eigenvalue weighted by Crippen LogP contribution is -2.52. The second-order valence-corrected chi connectivity index (χ2v) is 14.8. The number of nitrogens with one attached hydrogen (secondary N) is 2. The van der Waals surface area contributed by atoms with Gasteiger partial charge < -0.3 is 15.4 Å². The molecule has 0 radical (unpaired) electrons. The van der Waals surface area contributed by atoms with Crippen LogP contribution in [0.1, 0.15) is 23.2 Å². The maximum atomic E-state index is 13.0. The average molecular weight is 436 g/mol. The normalized spacial score (nSPS) is 15.3. The molecule has 0 heterocycles. The SMILES string of the molecule is COc1cccc(-c2cccc(C(=O)N[C@@H](C[Si](C)(C)C)C(=O)NC3(C#N)CC3)c2)c1. The van der Waals surface area contributed by atoms with Crippen LogP contribution in [0.3, 0.4) is 0 Å². The first-order chi connectivity index (χ1) is 14.6. The molecule has 2 amide bonds.